The molecule has 34 heavy (non-hydrogen) atoms. The zero-order valence-electron chi connectivity index (χ0n) is 20.0. The van der Waals surface area contributed by atoms with Crippen molar-refractivity contribution < 1.29 is 24.2 Å². The number of allylic oxidation sites excluding steroid dienone is 2. The second-order valence-corrected chi connectivity index (χ2v) is 8.31. The van der Waals surface area contributed by atoms with Crippen LogP contribution < -0.4 is 0 Å². The van der Waals surface area contributed by atoms with Gasteiger partial charge in [-0.2, -0.15) is 0 Å². The first-order valence-corrected chi connectivity index (χ1v) is 12.2. The Hall–Kier alpha value is -3.10. The standard InChI is InChI=1S/C25H36N2O7/c1-2-3-4-5-6-7-8-9-10-11-12-13-14-15-16-17-24(28)34-25(29)22-20-21(26(30)31)18-19-23(22)27(32)33/h6-7,18-20H,2-5,8-17H2,1H3/b7-6+. The Morgan fingerprint density at radius 3 is 1.94 bits per heavy atom. The van der Waals surface area contributed by atoms with E-state index >= 15 is 0 Å². The SMILES string of the molecule is CCCCC/C=C/CCCCCCCCCCC(=O)OC(=O)c1cc([N+](=O)[O-])ccc1[N+](=O)[O-]. The van der Waals surface area contributed by atoms with E-state index in [0.29, 0.717) is 6.42 Å². The number of ether oxygens (including phenoxy) is 1. The van der Waals surface area contributed by atoms with E-state index in [1.807, 2.05) is 0 Å². The second-order valence-electron chi connectivity index (χ2n) is 8.31. The summed E-state index contributed by atoms with van der Waals surface area (Å²) in [5.74, 6) is -2.05. The number of hydrogen-bond acceptors (Lipinski definition) is 7. The van der Waals surface area contributed by atoms with Crippen LogP contribution in [0.5, 0.6) is 0 Å². The minimum absolute atomic E-state index is 0.0130. The molecular weight excluding hydrogens is 440 g/mol. The summed E-state index contributed by atoms with van der Waals surface area (Å²) < 4.78 is 4.67. The first kappa shape index (κ1) is 28.9. The monoisotopic (exact) mass is 476 g/mol. The third-order valence-electron chi connectivity index (χ3n) is 5.46. The Kier molecular flexibility index (Phi) is 14.8. The number of unbranched alkanes of at least 4 members (excludes halogenated alkanes) is 11. The summed E-state index contributed by atoms with van der Waals surface area (Å²) in [5.41, 5.74) is -1.75. The number of carbonyl (C=O) groups is 2. The lowest BCUT2D eigenvalue weighted by molar-refractivity contribution is -0.389. The molecular formula is C25H36N2O7. The molecule has 0 amide bonds. The Bertz CT molecular complexity index is 837. The summed E-state index contributed by atoms with van der Waals surface area (Å²) in [7, 11) is 0. The summed E-state index contributed by atoms with van der Waals surface area (Å²) in [6.45, 7) is 2.21. The van der Waals surface area contributed by atoms with Crippen LogP contribution in [0.2, 0.25) is 0 Å². The van der Waals surface area contributed by atoms with Gasteiger partial charge in [-0.25, -0.2) is 4.79 Å². The molecule has 0 saturated heterocycles. The molecule has 1 aromatic carbocycles. The molecule has 0 heterocycles. The van der Waals surface area contributed by atoms with E-state index in [9.17, 15) is 29.8 Å². The van der Waals surface area contributed by atoms with E-state index in [1.54, 1.807) is 0 Å². The molecule has 0 aliphatic rings. The van der Waals surface area contributed by atoms with Crippen LogP contribution >= 0.6 is 0 Å². The number of rotatable bonds is 18. The van der Waals surface area contributed by atoms with Gasteiger partial charge in [-0.15, -0.1) is 0 Å². The van der Waals surface area contributed by atoms with Gasteiger partial charge < -0.3 is 4.74 Å². The Morgan fingerprint density at radius 1 is 0.824 bits per heavy atom. The summed E-state index contributed by atoms with van der Waals surface area (Å²) in [4.78, 5) is 44.3. The summed E-state index contributed by atoms with van der Waals surface area (Å²) in [5, 5.41) is 21.9. The number of esters is 2. The van der Waals surface area contributed by atoms with E-state index in [-0.39, 0.29) is 6.42 Å². The van der Waals surface area contributed by atoms with Gasteiger partial charge in [0.2, 0.25) is 0 Å². The van der Waals surface area contributed by atoms with Crippen LogP contribution in [-0.2, 0) is 9.53 Å². The van der Waals surface area contributed by atoms with Gasteiger partial charge in [0, 0.05) is 24.6 Å². The summed E-state index contributed by atoms with van der Waals surface area (Å²) in [6.07, 6.45) is 19.0. The molecule has 188 valence electrons. The van der Waals surface area contributed by atoms with Gasteiger partial charge in [0.05, 0.1) is 9.85 Å². The Morgan fingerprint density at radius 2 is 1.38 bits per heavy atom. The van der Waals surface area contributed by atoms with Crippen molar-refractivity contribution in [3.63, 3.8) is 0 Å². The lowest BCUT2D eigenvalue weighted by atomic mass is 10.1. The van der Waals surface area contributed by atoms with Crippen molar-refractivity contribution >= 4 is 23.3 Å². The molecule has 0 aliphatic heterocycles. The van der Waals surface area contributed by atoms with Crippen LogP contribution in [0, 0.1) is 20.2 Å². The van der Waals surface area contributed by atoms with Crippen LogP contribution in [0.1, 0.15) is 107 Å². The van der Waals surface area contributed by atoms with Gasteiger partial charge in [-0.1, -0.05) is 70.4 Å². The summed E-state index contributed by atoms with van der Waals surface area (Å²) >= 11 is 0. The molecule has 0 spiro atoms. The van der Waals surface area contributed by atoms with Crippen molar-refractivity contribution in [1.82, 2.24) is 0 Å². The van der Waals surface area contributed by atoms with Gasteiger partial charge in [0.15, 0.2) is 0 Å². The fourth-order valence-corrected chi connectivity index (χ4v) is 3.51. The van der Waals surface area contributed by atoms with E-state index in [2.05, 4.69) is 23.8 Å². The van der Waals surface area contributed by atoms with Crippen molar-refractivity contribution in [1.29, 1.82) is 0 Å². The molecule has 0 unspecified atom stereocenters. The topological polar surface area (TPSA) is 130 Å². The average Bonchev–Trinajstić information content (AvgIpc) is 2.81. The molecule has 0 fully saturated rings. The Labute approximate surface area is 200 Å². The average molecular weight is 477 g/mol. The fourth-order valence-electron chi connectivity index (χ4n) is 3.51. The van der Waals surface area contributed by atoms with Crippen molar-refractivity contribution in [3.8, 4) is 0 Å². The predicted octanol–water partition coefficient (Wildman–Crippen LogP) is 7.22. The van der Waals surface area contributed by atoms with Crippen LogP contribution in [-0.4, -0.2) is 21.8 Å². The highest BCUT2D eigenvalue weighted by Gasteiger charge is 2.26. The summed E-state index contributed by atoms with van der Waals surface area (Å²) in [6, 6.07) is 2.52. The Balaban J connectivity index is 2.17. The zero-order valence-corrected chi connectivity index (χ0v) is 20.0. The minimum Gasteiger partial charge on any atom is -0.389 e. The van der Waals surface area contributed by atoms with Crippen LogP contribution in [0.25, 0.3) is 0 Å². The normalized spacial score (nSPS) is 11.0. The highest BCUT2D eigenvalue weighted by atomic mass is 16.6. The van der Waals surface area contributed by atoms with Crippen molar-refractivity contribution in [3.05, 3.63) is 56.1 Å². The smallest absolute Gasteiger partial charge is 0.353 e. The third-order valence-corrected chi connectivity index (χ3v) is 5.46. The van der Waals surface area contributed by atoms with Gasteiger partial charge in [0.25, 0.3) is 11.4 Å². The molecule has 1 aromatic rings. The third kappa shape index (κ3) is 12.2. The second kappa shape index (κ2) is 17.4. The number of carbonyl (C=O) groups excluding carboxylic acids is 2. The molecule has 9 nitrogen and oxygen atoms in total. The van der Waals surface area contributed by atoms with Gasteiger partial charge in [-0.05, 0) is 32.1 Å². The number of nitro groups is 2. The van der Waals surface area contributed by atoms with E-state index in [0.717, 1.165) is 50.3 Å². The molecule has 0 saturated carbocycles. The van der Waals surface area contributed by atoms with Crippen LogP contribution in [0.4, 0.5) is 11.4 Å². The molecule has 1 rings (SSSR count). The maximum Gasteiger partial charge on any atom is 0.353 e. The van der Waals surface area contributed by atoms with E-state index in [1.165, 1.54) is 44.9 Å². The van der Waals surface area contributed by atoms with Crippen molar-refractivity contribution in [2.75, 3.05) is 0 Å². The first-order valence-electron chi connectivity index (χ1n) is 12.2. The van der Waals surface area contributed by atoms with Crippen molar-refractivity contribution in [2.24, 2.45) is 0 Å². The lowest BCUT2D eigenvalue weighted by Gasteiger charge is -2.05. The van der Waals surface area contributed by atoms with Crippen LogP contribution in [0.15, 0.2) is 30.4 Å². The zero-order chi connectivity index (χ0) is 25.2. The van der Waals surface area contributed by atoms with Gasteiger partial charge in [-0.3, -0.25) is 25.0 Å². The minimum atomic E-state index is -1.25. The molecule has 0 bridgehead atoms. The molecule has 9 heteroatoms. The maximum atomic E-state index is 12.1. The first-order chi connectivity index (χ1) is 16.4. The lowest BCUT2D eigenvalue weighted by Crippen LogP contribution is -2.14. The fraction of sp³-hybridized carbons (Fsp3) is 0.600. The molecule has 0 aliphatic carbocycles. The number of benzene rings is 1. The maximum absolute atomic E-state index is 12.1. The largest absolute Gasteiger partial charge is 0.389 e. The molecule has 0 atom stereocenters. The number of hydrogen-bond donors (Lipinski definition) is 0. The highest BCUT2D eigenvalue weighted by Crippen LogP contribution is 2.25. The molecule has 0 radical (unpaired) electrons. The van der Waals surface area contributed by atoms with Crippen molar-refractivity contribution in [2.45, 2.75) is 96.8 Å². The molecule has 0 aromatic heterocycles. The van der Waals surface area contributed by atoms with Gasteiger partial charge in [0.1, 0.15) is 5.56 Å². The van der Waals surface area contributed by atoms with E-state index < -0.39 is 38.7 Å². The highest BCUT2D eigenvalue weighted by molar-refractivity contribution is 6.00. The van der Waals surface area contributed by atoms with Gasteiger partial charge >= 0.3 is 11.9 Å². The quantitative estimate of drug-likeness (QED) is 0.0545. The van der Waals surface area contributed by atoms with E-state index in [4.69, 9.17) is 0 Å². The predicted molar refractivity (Wildman–Crippen MR) is 130 cm³/mol. The number of non-ortho nitro benzene ring substituents is 1. The number of nitro benzene ring substituents is 2. The van der Waals surface area contributed by atoms with Crippen LogP contribution in [0.3, 0.4) is 0 Å². The number of nitrogens with zero attached hydrogens (tertiary/aromatic N) is 2. The molecule has 0 N–H and O–H groups in total.